The summed E-state index contributed by atoms with van der Waals surface area (Å²) in [6, 6.07) is 15.1. The van der Waals surface area contributed by atoms with E-state index in [0.717, 1.165) is 10.7 Å². The molecular weight excluding hydrogens is 411 g/mol. The fraction of sp³-hybridized carbons (Fsp3) is 0.118. The fourth-order valence-corrected chi connectivity index (χ4v) is 3.92. The molecule has 1 heterocycles. The van der Waals surface area contributed by atoms with E-state index in [1.54, 1.807) is 18.2 Å². The van der Waals surface area contributed by atoms with Gasteiger partial charge in [0.15, 0.2) is 4.34 Å². The lowest BCUT2D eigenvalue weighted by molar-refractivity contribution is -0.113. The Balaban J connectivity index is 1.48. The standard InChI is InChI=1S/C17H14Cl2N4OS2/c18-12-7-4-8-13(15(12)19)21-14(24)10-25-17-23-22-16(26-17)20-9-11-5-2-1-3-6-11/h1-8H,9-10H2,(H,20,22)(H,21,24). The molecule has 3 rings (SSSR count). The van der Waals surface area contributed by atoms with Gasteiger partial charge in [0.2, 0.25) is 11.0 Å². The number of carbonyl (C=O) groups is 1. The normalized spacial score (nSPS) is 10.5. The van der Waals surface area contributed by atoms with Gasteiger partial charge in [0.05, 0.1) is 21.5 Å². The maximum absolute atomic E-state index is 12.1. The number of benzene rings is 2. The SMILES string of the molecule is O=C(CSc1nnc(NCc2ccccc2)s1)Nc1cccc(Cl)c1Cl. The summed E-state index contributed by atoms with van der Waals surface area (Å²) < 4.78 is 0.716. The lowest BCUT2D eigenvalue weighted by Gasteiger charge is -2.07. The van der Waals surface area contributed by atoms with E-state index >= 15 is 0 Å². The highest BCUT2D eigenvalue weighted by Gasteiger charge is 2.11. The lowest BCUT2D eigenvalue weighted by atomic mass is 10.2. The van der Waals surface area contributed by atoms with Gasteiger partial charge in [-0.3, -0.25) is 4.79 Å². The maximum Gasteiger partial charge on any atom is 0.234 e. The number of amides is 1. The van der Waals surface area contributed by atoms with Gasteiger partial charge in [0.1, 0.15) is 0 Å². The van der Waals surface area contributed by atoms with Crippen molar-refractivity contribution in [3.63, 3.8) is 0 Å². The molecule has 0 aliphatic carbocycles. The first-order chi connectivity index (χ1) is 12.6. The van der Waals surface area contributed by atoms with Crippen molar-refractivity contribution in [2.45, 2.75) is 10.9 Å². The molecule has 0 aliphatic heterocycles. The third-order valence-electron chi connectivity index (χ3n) is 3.25. The molecule has 0 unspecified atom stereocenters. The number of hydrogen-bond acceptors (Lipinski definition) is 6. The second-order valence-corrected chi connectivity index (χ2v) is 8.14. The summed E-state index contributed by atoms with van der Waals surface area (Å²) in [7, 11) is 0. The number of halogens is 2. The van der Waals surface area contributed by atoms with Crippen molar-refractivity contribution >= 4 is 63.0 Å². The van der Waals surface area contributed by atoms with Crippen molar-refractivity contribution < 1.29 is 4.79 Å². The molecule has 0 saturated carbocycles. The number of carbonyl (C=O) groups excluding carboxylic acids is 1. The Morgan fingerprint density at radius 3 is 2.69 bits per heavy atom. The summed E-state index contributed by atoms with van der Waals surface area (Å²) in [6.07, 6.45) is 0. The van der Waals surface area contributed by atoms with Gasteiger partial charge in [-0.05, 0) is 17.7 Å². The molecule has 1 aromatic heterocycles. The summed E-state index contributed by atoms with van der Waals surface area (Å²) in [5.41, 5.74) is 1.65. The van der Waals surface area contributed by atoms with Gasteiger partial charge in [-0.2, -0.15) is 0 Å². The first kappa shape index (κ1) is 19.0. The molecule has 134 valence electrons. The third-order valence-corrected chi connectivity index (χ3v) is 6.08. The molecule has 0 spiro atoms. The van der Waals surface area contributed by atoms with Crippen LogP contribution in [0.1, 0.15) is 5.56 Å². The van der Waals surface area contributed by atoms with Crippen molar-refractivity contribution in [2.24, 2.45) is 0 Å². The zero-order valence-corrected chi connectivity index (χ0v) is 16.6. The highest BCUT2D eigenvalue weighted by atomic mass is 35.5. The van der Waals surface area contributed by atoms with Crippen LogP contribution in [0.25, 0.3) is 0 Å². The minimum atomic E-state index is -0.187. The fourth-order valence-electron chi connectivity index (χ4n) is 2.03. The summed E-state index contributed by atoms with van der Waals surface area (Å²) >= 11 is 14.7. The monoisotopic (exact) mass is 424 g/mol. The van der Waals surface area contributed by atoms with E-state index in [-0.39, 0.29) is 11.7 Å². The van der Waals surface area contributed by atoms with Gasteiger partial charge in [-0.25, -0.2) is 0 Å². The first-order valence-corrected chi connectivity index (χ1v) is 10.2. The van der Waals surface area contributed by atoms with E-state index in [1.807, 2.05) is 30.3 Å². The highest BCUT2D eigenvalue weighted by Crippen LogP contribution is 2.30. The van der Waals surface area contributed by atoms with Gasteiger partial charge >= 0.3 is 0 Å². The van der Waals surface area contributed by atoms with E-state index in [9.17, 15) is 4.79 Å². The van der Waals surface area contributed by atoms with E-state index < -0.39 is 0 Å². The minimum Gasteiger partial charge on any atom is -0.356 e. The molecular formula is C17H14Cl2N4OS2. The minimum absolute atomic E-state index is 0.187. The van der Waals surface area contributed by atoms with Gasteiger partial charge in [-0.1, -0.05) is 82.7 Å². The third kappa shape index (κ3) is 5.35. The van der Waals surface area contributed by atoms with E-state index in [0.29, 0.717) is 26.6 Å². The van der Waals surface area contributed by atoms with Gasteiger partial charge in [0, 0.05) is 6.54 Å². The molecule has 1 amide bonds. The van der Waals surface area contributed by atoms with Crippen LogP contribution in [-0.4, -0.2) is 21.9 Å². The van der Waals surface area contributed by atoms with Gasteiger partial charge < -0.3 is 10.6 Å². The molecule has 0 aliphatic rings. The molecule has 0 fully saturated rings. The Morgan fingerprint density at radius 2 is 1.88 bits per heavy atom. The van der Waals surface area contributed by atoms with Gasteiger partial charge in [-0.15, -0.1) is 10.2 Å². The number of hydrogen-bond donors (Lipinski definition) is 2. The molecule has 3 aromatic rings. The Labute approximate surface area is 169 Å². The van der Waals surface area contributed by atoms with Crippen molar-refractivity contribution in [3.05, 3.63) is 64.1 Å². The van der Waals surface area contributed by atoms with Crippen LogP contribution in [-0.2, 0) is 11.3 Å². The Kier molecular flexibility index (Phi) is 6.73. The Morgan fingerprint density at radius 1 is 1.08 bits per heavy atom. The molecule has 0 radical (unpaired) electrons. The predicted octanol–water partition coefficient (Wildman–Crippen LogP) is 5.19. The number of nitrogens with one attached hydrogen (secondary N) is 2. The summed E-state index contributed by atoms with van der Waals surface area (Å²) in [4.78, 5) is 12.1. The second kappa shape index (κ2) is 9.23. The van der Waals surface area contributed by atoms with Crippen molar-refractivity contribution in [1.82, 2.24) is 10.2 Å². The summed E-state index contributed by atoms with van der Waals surface area (Å²) in [6.45, 7) is 0.674. The number of anilines is 2. The quantitative estimate of drug-likeness (QED) is 0.510. The van der Waals surface area contributed by atoms with Crippen LogP contribution < -0.4 is 10.6 Å². The van der Waals surface area contributed by atoms with Crippen LogP contribution in [0.3, 0.4) is 0 Å². The number of rotatable bonds is 7. The van der Waals surface area contributed by atoms with Crippen molar-refractivity contribution in [2.75, 3.05) is 16.4 Å². The van der Waals surface area contributed by atoms with Crippen molar-refractivity contribution in [3.8, 4) is 0 Å². The van der Waals surface area contributed by atoms with E-state index in [1.165, 1.54) is 23.1 Å². The number of thioether (sulfide) groups is 1. The molecule has 0 saturated heterocycles. The van der Waals surface area contributed by atoms with Crippen LogP contribution >= 0.6 is 46.3 Å². The number of aromatic nitrogens is 2. The molecule has 9 heteroatoms. The molecule has 0 atom stereocenters. The average Bonchev–Trinajstić information content (AvgIpc) is 3.11. The largest absolute Gasteiger partial charge is 0.356 e. The van der Waals surface area contributed by atoms with E-state index in [2.05, 4.69) is 20.8 Å². The second-order valence-electron chi connectivity index (χ2n) is 5.15. The van der Waals surface area contributed by atoms with E-state index in [4.69, 9.17) is 23.2 Å². The van der Waals surface area contributed by atoms with Crippen LogP contribution in [0, 0.1) is 0 Å². The van der Waals surface area contributed by atoms with Crippen LogP contribution in [0.4, 0.5) is 10.8 Å². The van der Waals surface area contributed by atoms with Gasteiger partial charge in [0.25, 0.3) is 0 Å². The predicted molar refractivity (Wildman–Crippen MR) is 109 cm³/mol. The lowest BCUT2D eigenvalue weighted by Crippen LogP contribution is -2.14. The zero-order chi connectivity index (χ0) is 18.4. The average molecular weight is 425 g/mol. The summed E-state index contributed by atoms with van der Waals surface area (Å²) in [5, 5.41) is 15.6. The molecule has 2 N–H and O–H groups in total. The maximum atomic E-state index is 12.1. The Hall–Kier alpha value is -1.80. The first-order valence-electron chi connectivity index (χ1n) is 7.60. The summed E-state index contributed by atoms with van der Waals surface area (Å²) in [5.74, 6) is 0.0176. The van der Waals surface area contributed by atoms with Crippen molar-refractivity contribution in [1.29, 1.82) is 0 Å². The van der Waals surface area contributed by atoms with Crippen LogP contribution in [0.2, 0.25) is 10.0 Å². The zero-order valence-electron chi connectivity index (χ0n) is 13.4. The molecule has 26 heavy (non-hydrogen) atoms. The smallest absolute Gasteiger partial charge is 0.234 e. The molecule has 2 aromatic carbocycles. The molecule has 5 nitrogen and oxygen atoms in total. The number of nitrogens with zero attached hydrogens (tertiary/aromatic N) is 2. The van der Waals surface area contributed by atoms with Crippen LogP contribution in [0.15, 0.2) is 52.9 Å². The van der Waals surface area contributed by atoms with Crippen LogP contribution in [0.5, 0.6) is 0 Å². The topological polar surface area (TPSA) is 66.9 Å². The molecule has 0 bridgehead atoms. The Bertz CT molecular complexity index is 889. The highest BCUT2D eigenvalue weighted by molar-refractivity contribution is 8.01.